The molecule has 0 aliphatic carbocycles. The van der Waals surface area contributed by atoms with E-state index < -0.39 is 6.04 Å². The molecule has 2 heterocycles. The highest BCUT2D eigenvalue weighted by Crippen LogP contribution is 2.17. The number of rotatable bonds is 4. The summed E-state index contributed by atoms with van der Waals surface area (Å²) in [5, 5.41) is 0. The third kappa shape index (κ3) is 2.94. The molecule has 6 nitrogen and oxygen atoms in total. The van der Waals surface area contributed by atoms with E-state index in [1.165, 1.54) is 11.3 Å². The Bertz CT molecular complexity index is 413. The molecule has 2 aliphatic rings. The van der Waals surface area contributed by atoms with Gasteiger partial charge in [-0.25, -0.2) is 4.79 Å². The third-order valence-electron chi connectivity index (χ3n) is 3.59. The number of nitrogens with zero attached hydrogens (tertiary/aromatic N) is 3. The van der Waals surface area contributed by atoms with Crippen LogP contribution in [0.4, 0.5) is 4.79 Å². The number of nitrogens with two attached hydrogens (primary N) is 1. The van der Waals surface area contributed by atoms with Crippen molar-refractivity contribution in [1.29, 1.82) is 0 Å². The Morgan fingerprint density at radius 3 is 2.74 bits per heavy atom. The normalized spacial score (nSPS) is 23.5. The molecule has 0 saturated carbocycles. The quantitative estimate of drug-likeness (QED) is 0.760. The van der Waals surface area contributed by atoms with Crippen molar-refractivity contribution < 1.29 is 9.59 Å². The second-order valence-corrected chi connectivity index (χ2v) is 4.92. The zero-order chi connectivity index (χ0) is 13.8. The first-order chi connectivity index (χ1) is 9.13. The standard InChI is InChI=1S/C13H20N4O2/c1-2-6-17-10(12(14)15-13(17)19)9-11(18)16-7-4-3-5-8-16/h2,10H,1,3-9H2,(H2,14,15,19). The fourth-order valence-electron chi connectivity index (χ4n) is 2.54. The highest BCUT2D eigenvalue weighted by molar-refractivity contribution is 6.04. The van der Waals surface area contributed by atoms with Gasteiger partial charge in [0.05, 0.1) is 6.42 Å². The van der Waals surface area contributed by atoms with E-state index in [1.807, 2.05) is 4.90 Å². The summed E-state index contributed by atoms with van der Waals surface area (Å²) in [6.45, 7) is 5.58. The average molecular weight is 264 g/mol. The van der Waals surface area contributed by atoms with Crippen LogP contribution < -0.4 is 5.73 Å². The van der Waals surface area contributed by atoms with E-state index in [9.17, 15) is 9.59 Å². The Hall–Kier alpha value is -1.85. The molecule has 2 N–H and O–H groups in total. The fourth-order valence-corrected chi connectivity index (χ4v) is 2.54. The fraction of sp³-hybridized carbons (Fsp3) is 0.615. The van der Waals surface area contributed by atoms with Crippen molar-refractivity contribution in [2.75, 3.05) is 19.6 Å². The number of amides is 3. The minimum Gasteiger partial charge on any atom is -0.385 e. The van der Waals surface area contributed by atoms with Gasteiger partial charge in [0, 0.05) is 19.6 Å². The van der Waals surface area contributed by atoms with Crippen molar-refractivity contribution in [1.82, 2.24) is 9.80 Å². The molecular formula is C13H20N4O2. The molecule has 0 spiro atoms. The van der Waals surface area contributed by atoms with Gasteiger partial charge < -0.3 is 15.5 Å². The lowest BCUT2D eigenvalue weighted by Crippen LogP contribution is -2.45. The smallest absolute Gasteiger partial charge is 0.346 e. The van der Waals surface area contributed by atoms with Crippen molar-refractivity contribution in [3.05, 3.63) is 12.7 Å². The number of piperidine rings is 1. The second-order valence-electron chi connectivity index (χ2n) is 4.92. The molecule has 0 aromatic heterocycles. The van der Waals surface area contributed by atoms with Crippen LogP contribution in [0.3, 0.4) is 0 Å². The van der Waals surface area contributed by atoms with Crippen molar-refractivity contribution in [3.63, 3.8) is 0 Å². The minimum absolute atomic E-state index is 0.0478. The van der Waals surface area contributed by atoms with Crippen molar-refractivity contribution in [2.24, 2.45) is 10.7 Å². The van der Waals surface area contributed by atoms with E-state index in [-0.39, 0.29) is 24.2 Å². The maximum Gasteiger partial charge on any atom is 0.346 e. The van der Waals surface area contributed by atoms with Gasteiger partial charge in [-0.1, -0.05) is 6.08 Å². The van der Waals surface area contributed by atoms with Crippen LogP contribution in [-0.2, 0) is 4.79 Å². The topological polar surface area (TPSA) is 79.0 Å². The van der Waals surface area contributed by atoms with Crippen LogP contribution >= 0.6 is 0 Å². The molecule has 0 aromatic rings. The Balaban J connectivity index is 1.99. The summed E-state index contributed by atoms with van der Waals surface area (Å²) in [4.78, 5) is 30.9. The van der Waals surface area contributed by atoms with Gasteiger partial charge in [-0.3, -0.25) is 4.79 Å². The zero-order valence-electron chi connectivity index (χ0n) is 11.0. The van der Waals surface area contributed by atoms with E-state index in [0.717, 1.165) is 25.9 Å². The predicted molar refractivity (Wildman–Crippen MR) is 72.8 cm³/mol. The molecule has 19 heavy (non-hydrogen) atoms. The first-order valence-electron chi connectivity index (χ1n) is 6.67. The number of likely N-dealkylation sites (tertiary alicyclic amines) is 1. The van der Waals surface area contributed by atoms with Gasteiger partial charge in [0.25, 0.3) is 0 Å². The molecular weight excluding hydrogens is 244 g/mol. The molecule has 6 heteroatoms. The number of hydrogen-bond donors (Lipinski definition) is 1. The van der Waals surface area contributed by atoms with E-state index in [4.69, 9.17) is 5.73 Å². The number of urea groups is 1. The van der Waals surface area contributed by atoms with Gasteiger partial charge in [0.2, 0.25) is 5.91 Å². The molecule has 0 radical (unpaired) electrons. The highest BCUT2D eigenvalue weighted by Gasteiger charge is 2.35. The number of amidine groups is 1. The molecule has 2 aliphatic heterocycles. The molecule has 1 saturated heterocycles. The van der Waals surface area contributed by atoms with E-state index in [2.05, 4.69) is 11.6 Å². The maximum absolute atomic E-state index is 12.2. The highest BCUT2D eigenvalue weighted by atomic mass is 16.2. The van der Waals surface area contributed by atoms with E-state index in [0.29, 0.717) is 6.54 Å². The van der Waals surface area contributed by atoms with E-state index in [1.54, 1.807) is 6.08 Å². The van der Waals surface area contributed by atoms with Crippen molar-refractivity contribution >= 4 is 17.8 Å². The lowest BCUT2D eigenvalue weighted by atomic mass is 10.1. The van der Waals surface area contributed by atoms with Crippen molar-refractivity contribution in [3.8, 4) is 0 Å². The monoisotopic (exact) mass is 264 g/mol. The molecule has 1 atom stereocenters. The molecule has 2 rings (SSSR count). The number of hydrogen-bond acceptors (Lipinski definition) is 3. The lowest BCUT2D eigenvalue weighted by Gasteiger charge is -2.29. The second kappa shape index (κ2) is 5.86. The first-order valence-corrected chi connectivity index (χ1v) is 6.67. The first kappa shape index (κ1) is 13.6. The largest absolute Gasteiger partial charge is 0.385 e. The van der Waals surface area contributed by atoms with Gasteiger partial charge in [-0.05, 0) is 19.3 Å². The van der Waals surface area contributed by atoms with Crippen molar-refractivity contribution in [2.45, 2.75) is 31.7 Å². The molecule has 1 unspecified atom stereocenters. The summed E-state index contributed by atoms with van der Waals surface area (Å²) in [5.41, 5.74) is 5.75. The van der Waals surface area contributed by atoms with Gasteiger partial charge in [-0.2, -0.15) is 4.99 Å². The molecule has 3 amide bonds. The number of carbonyl (C=O) groups excluding carboxylic acids is 2. The summed E-state index contributed by atoms with van der Waals surface area (Å²) >= 11 is 0. The summed E-state index contributed by atoms with van der Waals surface area (Å²) in [5.74, 6) is 0.281. The Morgan fingerprint density at radius 2 is 2.11 bits per heavy atom. The Kier molecular flexibility index (Phi) is 4.19. The van der Waals surface area contributed by atoms with Gasteiger partial charge in [0.1, 0.15) is 11.9 Å². The van der Waals surface area contributed by atoms with Gasteiger partial charge in [-0.15, -0.1) is 6.58 Å². The molecule has 0 bridgehead atoms. The minimum atomic E-state index is -0.417. The third-order valence-corrected chi connectivity index (χ3v) is 3.59. The van der Waals surface area contributed by atoms with Crippen LogP contribution in [0.1, 0.15) is 25.7 Å². The summed E-state index contributed by atoms with van der Waals surface area (Å²) in [7, 11) is 0. The van der Waals surface area contributed by atoms with Crippen LogP contribution in [0.25, 0.3) is 0 Å². The van der Waals surface area contributed by atoms with Crippen LogP contribution in [0.2, 0.25) is 0 Å². The molecule has 104 valence electrons. The Morgan fingerprint density at radius 1 is 1.42 bits per heavy atom. The summed E-state index contributed by atoms with van der Waals surface area (Å²) in [6.07, 6.45) is 5.11. The molecule has 1 fully saturated rings. The number of aliphatic imine (C=N–C) groups is 1. The van der Waals surface area contributed by atoms with Crippen LogP contribution in [0, 0.1) is 0 Å². The van der Waals surface area contributed by atoms with Gasteiger partial charge >= 0.3 is 6.03 Å². The predicted octanol–water partition coefficient (Wildman–Crippen LogP) is 0.736. The summed E-state index contributed by atoms with van der Waals surface area (Å²) in [6, 6.07) is -0.797. The van der Waals surface area contributed by atoms with Crippen LogP contribution in [0.15, 0.2) is 17.6 Å². The maximum atomic E-state index is 12.2. The average Bonchev–Trinajstić information content (AvgIpc) is 2.67. The lowest BCUT2D eigenvalue weighted by molar-refractivity contribution is -0.132. The van der Waals surface area contributed by atoms with Crippen LogP contribution in [0.5, 0.6) is 0 Å². The van der Waals surface area contributed by atoms with Gasteiger partial charge in [0.15, 0.2) is 0 Å². The van der Waals surface area contributed by atoms with Crippen LogP contribution in [-0.4, -0.2) is 53.2 Å². The molecule has 0 aromatic carbocycles. The summed E-state index contributed by atoms with van der Waals surface area (Å²) < 4.78 is 0. The Labute approximate surface area is 112 Å². The SMILES string of the molecule is C=CCN1C(=O)N=C(N)C1CC(=O)N1CCCCC1. The number of carbonyl (C=O) groups is 2. The van der Waals surface area contributed by atoms with E-state index >= 15 is 0 Å². The zero-order valence-corrected chi connectivity index (χ0v) is 11.0.